The maximum absolute atomic E-state index is 13.1. The predicted octanol–water partition coefficient (Wildman–Crippen LogP) is 4.99. The lowest BCUT2D eigenvalue weighted by molar-refractivity contribution is 0.0707. The maximum Gasteiger partial charge on any atom is 0.275 e. The molecule has 4 aromatic rings. The Kier molecular flexibility index (Phi) is 7.38. The van der Waals surface area contributed by atoms with Gasteiger partial charge in [-0.05, 0) is 71.8 Å². The fourth-order valence-corrected chi connectivity index (χ4v) is 3.65. The number of para-hydroxylation sites is 1. The zero-order chi connectivity index (χ0) is 25.5. The number of rotatable bonds is 7. The van der Waals surface area contributed by atoms with Crippen LogP contribution in [-0.2, 0) is 0 Å². The van der Waals surface area contributed by atoms with Gasteiger partial charge >= 0.3 is 0 Å². The highest BCUT2D eigenvalue weighted by atomic mass is 16.5. The summed E-state index contributed by atoms with van der Waals surface area (Å²) in [6.45, 7) is 0. The van der Waals surface area contributed by atoms with Crippen molar-refractivity contribution < 1.29 is 24.3 Å². The van der Waals surface area contributed by atoms with E-state index in [0.29, 0.717) is 33.8 Å². The number of carbonyl (C=O) groups is 3. The molecule has 0 heterocycles. The minimum atomic E-state index is -0.700. The van der Waals surface area contributed by atoms with Crippen molar-refractivity contribution in [1.29, 1.82) is 0 Å². The molecule has 4 rings (SSSR count). The lowest BCUT2D eigenvalue weighted by atomic mass is 9.96. The van der Waals surface area contributed by atoms with Gasteiger partial charge in [0.2, 0.25) is 0 Å². The summed E-state index contributed by atoms with van der Waals surface area (Å²) in [6.07, 6.45) is 0. The highest BCUT2D eigenvalue weighted by molar-refractivity contribution is 6.09. The van der Waals surface area contributed by atoms with Gasteiger partial charge in [0.1, 0.15) is 5.75 Å². The minimum Gasteiger partial charge on any atom is -0.497 e. The summed E-state index contributed by atoms with van der Waals surface area (Å²) < 4.78 is 5.14. The van der Waals surface area contributed by atoms with Crippen molar-refractivity contribution in [2.24, 2.45) is 0 Å². The van der Waals surface area contributed by atoms with Crippen molar-refractivity contribution in [2.75, 3.05) is 17.7 Å². The number of ether oxygens (including phenoxy) is 1. The Morgan fingerprint density at radius 3 is 2.00 bits per heavy atom. The number of carbonyl (C=O) groups excluding carboxylic acids is 3. The first-order valence-electron chi connectivity index (χ1n) is 11.0. The van der Waals surface area contributed by atoms with E-state index in [9.17, 15) is 19.6 Å². The first kappa shape index (κ1) is 24.2. The molecule has 8 heteroatoms. The molecule has 0 aliphatic carbocycles. The van der Waals surface area contributed by atoms with Crippen molar-refractivity contribution in [3.05, 3.63) is 114 Å². The summed E-state index contributed by atoms with van der Waals surface area (Å²) in [5.41, 5.74) is 4.44. The third kappa shape index (κ3) is 5.57. The van der Waals surface area contributed by atoms with E-state index in [1.807, 2.05) is 6.07 Å². The van der Waals surface area contributed by atoms with Crippen LogP contribution in [0.1, 0.15) is 31.1 Å². The van der Waals surface area contributed by atoms with Crippen molar-refractivity contribution in [1.82, 2.24) is 5.48 Å². The molecule has 36 heavy (non-hydrogen) atoms. The fourth-order valence-electron chi connectivity index (χ4n) is 3.65. The summed E-state index contributed by atoms with van der Waals surface area (Å²) in [5, 5.41) is 14.8. The molecule has 0 radical (unpaired) electrons. The minimum absolute atomic E-state index is 0.202. The second kappa shape index (κ2) is 11.0. The Bertz CT molecular complexity index is 1400. The molecule has 0 unspecified atom stereocenters. The lowest BCUT2D eigenvalue weighted by Gasteiger charge is -2.14. The van der Waals surface area contributed by atoms with Gasteiger partial charge in [0.15, 0.2) is 0 Å². The van der Waals surface area contributed by atoms with Gasteiger partial charge in [-0.2, -0.15) is 0 Å². The largest absolute Gasteiger partial charge is 0.497 e. The SMILES string of the molecule is COc1ccc(C(=O)Nc2cc(C(=O)Nc3ccccc3)cc(-c3ccccc3C(=O)NO)c2)cc1. The van der Waals surface area contributed by atoms with Crippen molar-refractivity contribution >= 4 is 29.1 Å². The van der Waals surface area contributed by atoms with E-state index in [1.165, 1.54) is 7.11 Å². The van der Waals surface area contributed by atoms with E-state index in [-0.39, 0.29) is 17.0 Å². The monoisotopic (exact) mass is 481 g/mol. The van der Waals surface area contributed by atoms with Crippen molar-refractivity contribution in [3.63, 3.8) is 0 Å². The standard InChI is InChI=1S/C28H23N3O5/c1-36-23-13-11-18(12-14-23)26(32)30-22-16-19(24-9-5-6-10-25(24)28(34)31-35)15-20(17-22)27(33)29-21-7-3-2-4-8-21/h2-17,35H,1H3,(H,29,33)(H,30,32)(H,31,34). The molecular formula is C28H23N3O5. The van der Waals surface area contributed by atoms with Crippen LogP contribution in [0.25, 0.3) is 11.1 Å². The molecule has 4 aromatic carbocycles. The van der Waals surface area contributed by atoms with Crippen LogP contribution >= 0.6 is 0 Å². The Morgan fingerprint density at radius 2 is 1.31 bits per heavy atom. The first-order valence-corrected chi connectivity index (χ1v) is 11.0. The number of anilines is 2. The fraction of sp³-hybridized carbons (Fsp3) is 0.0357. The Labute approximate surface area is 207 Å². The number of nitrogens with one attached hydrogen (secondary N) is 3. The lowest BCUT2D eigenvalue weighted by Crippen LogP contribution is -2.19. The van der Waals surface area contributed by atoms with Gasteiger partial charge < -0.3 is 15.4 Å². The molecule has 0 spiro atoms. The molecule has 4 N–H and O–H groups in total. The number of hydrogen-bond donors (Lipinski definition) is 4. The van der Waals surface area contributed by atoms with E-state index in [0.717, 1.165) is 0 Å². The molecule has 0 aliphatic rings. The van der Waals surface area contributed by atoms with E-state index in [4.69, 9.17) is 4.74 Å². The third-order valence-electron chi connectivity index (χ3n) is 5.42. The summed E-state index contributed by atoms with van der Waals surface area (Å²) in [6, 6.07) is 27.0. The Hall–Kier alpha value is -4.95. The highest BCUT2D eigenvalue weighted by Crippen LogP contribution is 2.29. The molecule has 0 fully saturated rings. The molecule has 3 amide bonds. The van der Waals surface area contributed by atoms with E-state index >= 15 is 0 Å². The van der Waals surface area contributed by atoms with Crippen LogP contribution in [0.15, 0.2) is 97.1 Å². The zero-order valence-electron chi connectivity index (χ0n) is 19.3. The van der Waals surface area contributed by atoms with E-state index < -0.39 is 11.8 Å². The molecule has 0 saturated heterocycles. The second-order valence-electron chi connectivity index (χ2n) is 7.79. The number of hydroxylamine groups is 1. The Morgan fingerprint density at radius 1 is 0.667 bits per heavy atom. The summed E-state index contributed by atoms with van der Waals surface area (Å²) in [7, 11) is 1.54. The van der Waals surface area contributed by atoms with Gasteiger partial charge in [-0.25, -0.2) is 5.48 Å². The van der Waals surface area contributed by atoms with Crippen LogP contribution in [-0.4, -0.2) is 30.0 Å². The van der Waals surface area contributed by atoms with Crippen LogP contribution in [0.2, 0.25) is 0 Å². The first-order chi connectivity index (χ1) is 17.5. The smallest absolute Gasteiger partial charge is 0.275 e. The molecule has 0 atom stereocenters. The van der Waals surface area contributed by atoms with Gasteiger partial charge in [-0.1, -0.05) is 36.4 Å². The molecule has 0 aliphatic heterocycles. The topological polar surface area (TPSA) is 117 Å². The maximum atomic E-state index is 13.1. The van der Waals surface area contributed by atoms with Gasteiger partial charge in [-0.3, -0.25) is 19.6 Å². The predicted molar refractivity (Wildman–Crippen MR) is 136 cm³/mol. The number of benzene rings is 4. The van der Waals surface area contributed by atoms with Crippen LogP contribution in [0.4, 0.5) is 11.4 Å². The van der Waals surface area contributed by atoms with Gasteiger partial charge in [0, 0.05) is 28.1 Å². The number of hydrogen-bond acceptors (Lipinski definition) is 5. The molecular weight excluding hydrogens is 458 g/mol. The normalized spacial score (nSPS) is 10.3. The Balaban J connectivity index is 1.74. The second-order valence-corrected chi connectivity index (χ2v) is 7.79. The zero-order valence-corrected chi connectivity index (χ0v) is 19.3. The molecule has 180 valence electrons. The van der Waals surface area contributed by atoms with Crippen LogP contribution in [0.3, 0.4) is 0 Å². The quantitative estimate of drug-likeness (QED) is 0.219. The average molecular weight is 482 g/mol. The van der Waals surface area contributed by atoms with Gasteiger partial charge in [0.05, 0.1) is 7.11 Å². The van der Waals surface area contributed by atoms with Crippen molar-refractivity contribution in [2.45, 2.75) is 0 Å². The van der Waals surface area contributed by atoms with Crippen molar-refractivity contribution in [3.8, 4) is 16.9 Å². The van der Waals surface area contributed by atoms with Gasteiger partial charge in [0.25, 0.3) is 17.7 Å². The number of methoxy groups -OCH3 is 1. The summed E-state index contributed by atoms with van der Waals surface area (Å²) in [5.74, 6) is -0.863. The summed E-state index contributed by atoms with van der Waals surface area (Å²) in [4.78, 5) is 38.2. The molecule has 0 bridgehead atoms. The summed E-state index contributed by atoms with van der Waals surface area (Å²) >= 11 is 0. The number of amides is 3. The van der Waals surface area contributed by atoms with Gasteiger partial charge in [-0.15, -0.1) is 0 Å². The third-order valence-corrected chi connectivity index (χ3v) is 5.42. The van der Waals surface area contributed by atoms with Crippen LogP contribution in [0, 0.1) is 0 Å². The molecule has 0 saturated carbocycles. The van der Waals surface area contributed by atoms with Crippen LogP contribution < -0.4 is 20.9 Å². The highest BCUT2D eigenvalue weighted by Gasteiger charge is 2.17. The van der Waals surface area contributed by atoms with E-state index in [2.05, 4.69) is 10.6 Å². The molecule has 8 nitrogen and oxygen atoms in total. The molecule has 0 aromatic heterocycles. The van der Waals surface area contributed by atoms with E-state index in [1.54, 1.807) is 96.5 Å². The van der Waals surface area contributed by atoms with Crippen LogP contribution in [0.5, 0.6) is 5.75 Å². The average Bonchev–Trinajstić information content (AvgIpc) is 2.93.